The van der Waals surface area contributed by atoms with Gasteiger partial charge in [-0.15, -0.1) is 12.3 Å². The average molecular weight is 256 g/mol. The zero-order valence-electron chi connectivity index (χ0n) is 12.9. The maximum Gasteiger partial charge on any atom is 0.0343 e. The molecule has 0 heterocycles. The number of hydrogen-bond donors (Lipinski definition) is 0. The molecule has 19 heavy (non-hydrogen) atoms. The number of unbranched alkanes of at least 4 members (excludes halogenated alkanes) is 1. The van der Waals surface area contributed by atoms with Crippen LogP contribution in [0.4, 0.5) is 0 Å². The van der Waals surface area contributed by atoms with Crippen molar-refractivity contribution in [2.45, 2.75) is 47.0 Å². The summed E-state index contributed by atoms with van der Waals surface area (Å²) in [6.07, 6.45) is 22.4. The van der Waals surface area contributed by atoms with Gasteiger partial charge in [-0.2, -0.15) is 0 Å². The van der Waals surface area contributed by atoms with Gasteiger partial charge in [0.15, 0.2) is 0 Å². The van der Waals surface area contributed by atoms with E-state index in [-0.39, 0.29) is 0 Å². The summed E-state index contributed by atoms with van der Waals surface area (Å²) < 4.78 is 0. The number of allylic oxidation sites excluding steroid dienone is 9. The smallest absolute Gasteiger partial charge is 0.0343 e. The zero-order valence-corrected chi connectivity index (χ0v) is 12.9. The fraction of sp³-hybridized carbons (Fsp3) is 0.368. The summed E-state index contributed by atoms with van der Waals surface area (Å²) in [7, 11) is 0. The van der Waals surface area contributed by atoms with Crippen LogP contribution in [0.5, 0.6) is 0 Å². The lowest BCUT2D eigenvalue weighted by molar-refractivity contribution is 0.958. The van der Waals surface area contributed by atoms with Crippen molar-refractivity contribution in [3.05, 3.63) is 60.3 Å². The van der Waals surface area contributed by atoms with E-state index >= 15 is 0 Å². The third-order valence-electron chi connectivity index (χ3n) is 2.20. The van der Waals surface area contributed by atoms with Gasteiger partial charge in [-0.25, -0.2) is 0 Å². The van der Waals surface area contributed by atoms with Gasteiger partial charge in [0.2, 0.25) is 0 Å². The van der Waals surface area contributed by atoms with Crippen molar-refractivity contribution >= 4 is 0 Å². The van der Waals surface area contributed by atoms with Crippen LogP contribution in [0, 0.1) is 12.3 Å². The standard InChI is InChI=1S/C17H22.C2H6/c1-5-9-11-15-17(14-10-6-2)16(12-7-3)13-8-4;1-2/h3,6,8,10-11,13-15H,2,5,9,12H2,1,4H3;1-2H3/b13-8+,14-10-,15-11-,17-16+;. The van der Waals surface area contributed by atoms with Gasteiger partial charge in [-0.1, -0.05) is 76.3 Å². The van der Waals surface area contributed by atoms with Crippen molar-refractivity contribution in [1.29, 1.82) is 0 Å². The molecule has 0 aromatic carbocycles. The first-order chi connectivity index (χ1) is 9.29. The van der Waals surface area contributed by atoms with E-state index in [1.165, 1.54) is 5.57 Å². The second-order valence-corrected chi connectivity index (χ2v) is 3.65. The highest BCUT2D eigenvalue weighted by atomic mass is 14.0. The largest absolute Gasteiger partial charge is 0.120 e. The summed E-state index contributed by atoms with van der Waals surface area (Å²) in [5.74, 6) is 2.70. The molecular formula is C19H28. The Morgan fingerprint density at radius 3 is 2.37 bits per heavy atom. The maximum atomic E-state index is 5.39. The highest BCUT2D eigenvalue weighted by molar-refractivity contribution is 5.43. The van der Waals surface area contributed by atoms with Gasteiger partial charge in [-0.05, 0) is 24.5 Å². The molecule has 0 aromatic rings. The molecule has 0 unspecified atom stereocenters. The molecule has 0 amide bonds. The van der Waals surface area contributed by atoms with Crippen LogP contribution in [0.25, 0.3) is 0 Å². The van der Waals surface area contributed by atoms with Crippen LogP contribution >= 0.6 is 0 Å². The van der Waals surface area contributed by atoms with E-state index in [4.69, 9.17) is 6.42 Å². The Labute approximate surface area is 120 Å². The Bertz CT molecular complexity index is 367. The van der Waals surface area contributed by atoms with Crippen molar-refractivity contribution in [3.8, 4) is 12.3 Å². The predicted molar refractivity (Wildman–Crippen MR) is 90.0 cm³/mol. The van der Waals surface area contributed by atoms with Crippen molar-refractivity contribution < 1.29 is 0 Å². The van der Waals surface area contributed by atoms with Crippen molar-refractivity contribution in [3.63, 3.8) is 0 Å². The quantitative estimate of drug-likeness (QED) is 0.386. The van der Waals surface area contributed by atoms with Crippen molar-refractivity contribution in [2.75, 3.05) is 0 Å². The molecule has 0 aromatic heterocycles. The van der Waals surface area contributed by atoms with E-state index in [0.717, 1.165) is 18.4 Å². The molecule has 0 radical (unpaired) electrons. The van der Waals surface area contributed by atoms with Gasteiger partial charge in [0.1, 0.15) is 0 Å². The average Bonchev–Trinajstić information content (AvgIpc) is 2.45. The van der Waals surface area contributed by atoms with Crippen LogP contribution in [-0.2, 0) is 0 Å². The number of terminal acetylenes is 1. The minimum absolute atomic E-state index is 0.650. The van der Waals surface area contributed by atoms with E-state index in [2.05, 4.69) is 37.7 Å². The summed E-state index contributed by atoms with van der Waals surface area (Å²) in [5.41, 5.74) is 2.33. The molecule has 0 fully saturated rings. The highest BCUT2D eigenvalue weighted by Gasteiger charge is 1.96. The van der Waals surface area contributed by atoms with Gasteiger partial charge in [0, 0.05) is 6.42 Å². The molecule has 0 N–H and O–H groups in total. The SMILES string of the molecule is C#CCC(/C=C/C)=C(/C=C\C=C)\C=C/CCC.CC. The molecule has 0 aliphatic heterocycles. The monoisotopic (exact) mass is 256 g/mol. The molecule has 0 nitrogen and oxygen atoms in total. The topological polar surface area (TPSA) is 0 Å². The molecule has 0 atom stereocenters. The second-order valence-electron chi connectivity index (χ2n) is 3.65. The van der Waals surface area contributed by atoms with Crippen molar-refractivity contribution in [1.82, 2.24) is 0 Å². The number of rotatable bonds is 7. The summed E-state index contributed by atoms with van der Waals surface area (Å²) in [5, 5.41) is 0. The second kappa shape index (κ2) is 16.3. The lowest BCUT2D eigenvalue weighted by Crippen LogP contribution is -1.84. The van der Waals surface area contributed by atoms with Gasteiger partial charge < -0.3 is 0 Å². The van der Waals surface area contributed by atoms with E-state index in [1.807, 2.05) is 39.0 Å². The van der Waals surface area contributed by atoms with E-state index in [0.29, 0.717) is 6.42 Å². The minimum Gasteiger partial charge on any atom is -0.120 e. The first kappa shape index (κ1) is 19.6. The van der Waals surface area contributed by atoms with Crippen LogP contribution in [0.15, 0.2) is 60.3 Å². The minimum atomic E-state index is 0.650. The molecule has 0 aliphatic rings. The Morgan fingerprint density at radius 2 is 1.89 bits per heavy atom. The lowest BCUT2D eigenvalue weighted by atomic mass is 10.0. The fourth-order valence-corrected chi connectivity index (χ4v) is 1.39. The first-order valence-electron chi connectivity index (χ1n) is 7.05. The summed E-state index contributed by atoms with van der Waals surface area (Å²) in [6, 6.07) is 0. The van der Waals surface area contributed by atoms with Crippen LogP contribution < -0.4 is 0 Å². The lowest BCUT2D eigenvalue weighted by Gasteiger charge is -2.02. The normalized spacial score (nSPS) is 12.2. The molecule has 0 saturated carbocycles. The van der Waals surface area contributed by atoms with E-state index in [1.54, 1.807) is 6.08 Å². The summed E-state index contributed by atoms with van der Waals surface area (Å²) >= 11 is 0. The fourth-order valence-electron chi connectivity index (χ4n) is 1.39. The third-order valence-corrected chi connectivity index (χ3v) is 2.20. The van der Waals surface area contributed by atoms with E-state index < -0.39 is 0 Å². The van der Waals surface area contributed by atoms with E-state index in [9.17, 15) is 0 Å². The van der Waals surface area contributed by atoms with Gasteiger partial charge in [-0.3, -0.25) is 0 Å². The predicted octanol–water partition coefficient (Wildman–Crippen LogP) is 6.01. The first-order valence-corrected chi connectivity index (χ1v) is 7.05. The van der Waals surface area contributed by atoms with Crippen LogP contribution in [-0.4, -0.2) is 0 Å². The Hall–Kier alpha value is -1.74. The molecule has 0 spiro atoms. The Kier molecular flexibility index (Phi) is 16.8. The molecule has 0 rings (SSSR count). The molecule has 0 saturated heterocycles. The Balaban J connectivity index is 0. The van der Waals surface area contributed by atoms with Crippen LogP contribution in [0.2, 0.25) is 0 Å². The summed E-state index contributed by atoms with van der Waals surface area (Å²) in [6.45, 7) is 11.9. The molecule has 104 valence electrons. The molecule has 0 aliphatic carbocycles. The summed E-state index contributed by atoms with van der Waals surface area (Å²) in [4.78, 5) is 0. The van der Waals surface area contributed by atoms with Crippen molar-refractivity contribution in [2.24, 2.45) is 0 Å². The van der Waals surface area contributed by atoms with Crippen LogP contribution in [0.3, 0.4) is 0 Å². The Morgan fingerprint density at radius 1 is 1.21 bits per heavy atom. The van der Waals surface area contributed by atoms with Crippen LogP contribution in [0.1, 0.15) is 47.0 Å². The van der Waals surface area contributed by atoms with Gasteiger partial charge in [0.05, 0.1) is 0 Å². The maximum absolute atomic E-state index is 5.39. The molecule has 0 heteroatoms. The number of hydrogen-bond acceptors (Lipinski definition) is 0. The highest BCUT2D eigenvalue weighted by Crippen LogP contribution is 2.14. The van der Waals surface area contributed by atoms with Gasteiger partial charge in [0.25, 0.3) is 0 Å². The molecule has 0 bridgehead atoms. The molecular weight excluding hydrogens is 228 g/mol. The van der Waals surface area contributed by atoms with Gasteiger partial charge >= 0.3 is 0 Å². The zero-order chi connectivity index (χ0) is 14.9. The third kappa shape index (κ3) is 11.1.